The zero-order chi connectivity index (χ0) is 18.4. The Morgan fingerprint density at radius 2 is 1.80 bits per heavy atom. The second-order valence-electron chi connectivity index (χ2n) is 5.37. The summed E-state index contributed by atoms with van der Waals surface area (Å²) < 4.78 is 40.9. The van der Waals surface area contributed by atoms with Gasteiger partial charge in [0, 0.05) is 6.07 Å². The molecule has 0 amide bonds. The van der Waals surface area contributed by atoms with Gasteiger partial charge in [-0.3, -0.25) is 4.79 Å². The molecule has 0 bridgehead atoms. The molecule has 134 valence electrons. The minimum atomic E-state index is -4.08. The van der Waals surface area contributed by atoms with E-state index in [0.717, 1.165) is 5.56 Å². The van der Waals surface area contributed by atoms with Crippen molar-refractivity contribution in [1.29, 1.82) is 0 Å². The Morgan fingerprint density at radius 3 is 2.44 bits per heavy atom. The smallest absolute Gasteiger partial charge is 0.342 e. The lowest BCUT2D eigenvalue weighted by Gasteiger charge is -2.14. The summed E-state index contributed by atoms with van der Waals surface area (Å²) in [7, 11) is -2.69. The SMILES string of the molecule is CCC(C=O)Oc1cc(C)cc(OS(=O)(=O)c2ccccc2OC)c1. The molecule has 0 aliphatic carbocycles. The number of benzene rings is 2. The Balaban J connectivity index is 2.33. The van der Waals surface area contributed by atoms with Gasteiger partial charge in [-0.1, -0.05) is 19.1 Å². The van der Waals surface area contributed by atoms with Crippen LogP contribution >= 0.6 is 0 Å². The third-order valence-electron chi connectivity index (χ3n) is 3.41. The van der Waals surface area contributed by atoms with Crippen molar-refractivity contribution in [3.05, 3.63) is 48.0 Å². The topological polar surface area (TPSA) is 78.9 Å². The molecule has 0 saturated carbocycles. The largest absolute Gasteiger partial charge is 0.495 e. The lowest BCUT2D eigenvalue weighted by molar-refractivity contribution is -0.113. The number of methoxy groups -OCH3 is 1. The molecule has 0 fully saturated rings. The molecule has 2 rings (SSSR count). The Labute approximate surface area is 147 Å². The predicted molar refractivity (Wildman–Crippen MR) is 92.8 cm³/mol. The Morgan fingerprint density at radius 1 is 1.12 bits per heavy atom. The van der Waals surface area contributed by atoms with E-state index in [-0.39, 0.29) is 16.4 Å². The quantitative estimate of drug-likeness (QED) is 0.529. The molecule has 0 spiro atoms. The first-order chi connectivity index (χ1) is 11.9. The molecule has 25 heavy (non-hydrogen) atoms. The highest BCUT2D eigenvalue weighted by atomic mass is 32.2. The average molecular weight is 364 g/mol. The molecular weight excluding hydrogens is 344 g/mol. The number of para-hydroxylation sites is 1. The van der Waals surface area contributed by atoms with E-state index in [1.54, 1.807) is 31.2 Å². The predicted octanol–water partition coefficient (Wildman–Crippen LogP) is 3.13. The zero-order valence-corrected chi connectivity index (χ0v) is 15.1. The Kier molecular flexibility index (Phi) is 6.03. The molecule has 7 heteroatoms. The Bertz CT molecular complexity index is 844. The van der Waals surface area contributed by atoms with Crippen molar-refractivity contribution < 1.29 is 26.9 Å². The maximum absolute atomic E-state index is 12.5. The molecule has 0 aliphatic rings. The summed E-state index contributed by atoms with van der Waals surface area (Å²) in [5.41, 5.74) is 0.739. The fourth-order valence-corrected chi connectivity index (χ4v) is 3.29. The summed E-state index contributed by atoms with van der Waals surface area (Å²) in [6.07, 6.45) is 0.613. The van der Waals surface area contributed by atoms with Crippen LogP contribution in [-0.4, -0.2) is 27.9 Å². The average Bonchev–Trinajstić information content (AvgIpc) is 2.58. The van der Waals surface area contributed by atoms with E-state index in [2.05, 4.69) is 0 Å². The summed E-state index contributed by atoms with van der Waals surface area (Å²) in [6.45, 7) is 3.59. The van der Waals surface area contributed by atoms with Crippen LogP contribution in [0.15, 0.2) is 47.4 Å². The van der Waals surface area contributed by atoms with E-state index in [9.17, 15) is 13.2 Å². The number of rotatable bonds is 8. The van der Waals surface area contributed by atoms with Crippen LogP contribution in [0.25, 0.3) is 0 Å². The van der Waals surface area contributed by atoms with Gasteiger partial charge in [-0.25, -0.2) is 0 Å². The number of ether oxygens (including phenoxy) is 2. The van der Waals surface area contributed by atoms with E-state index >= 15 is 0 Å². The van der Waals surface area contributed by atoms with Gasteiger partial charge in [-0.15, -0.1) is 0 Å². The van der Waals surface area contributed by atoms with Gasteiger partial charge in [-0.2, -0.15) is 8.42 Å². The highest BCUT2D eigenvalue weighted by Crippen LogP contribution is 2.29. The van der Waals surface area contributed by atoms with E-state index < -0.39 is 16.2 Å². The molecule has 0 N–H and O–H groups in total. The third kappa shape index (κ3) is 4.73. The van der Waals surface area contributed by atoms with Gasteiger partial charge in [0.25, 0.3) is 0 Å². The van der Waals surface area contributed by atoms with Gasteiger partial charge in [-0.05, 0) is 43.2 Å². The molecule has 2 aromatic carbocycles. The van der Waals surface area contributed by atoms with Gasteiger partial charge in [0.05, 0.1) is 7.11 Å². The van der Waals surface area contributed by atoms with E-state index in [0.29, 0.717) is 18.5 Å². The van der Waals surface area contributed by atoms with Gasteiger partial charge in [0.2, 0.25) is 0 Å². The van der Waals surface area contributed by atoms with E-state index in [1.807, 2.05) is 6.92 Å². The number of hydrogen-bond donors (Lipinski definition) is 0. The fraction of sp³-hybridized carbons (Fsp3) is 0.278. The highest BCUT2D eigenvalue weighted by Gasteiger charge is 2.22. The molecule has 0 aromatic heterocycles. The van der Waals surface area contributed by atoms with Gasteiger partial charge >= 0.3 is 10.1 Å². The van der Waals surface area contributed by atoms with Gasteiger partial charge < -0.3 is 13.7 Å². The second kappa shape index (κ2) is 8.02. The molecule has 0 aliphatic heterocycles. The molecule has 0 saturated heterocycles. The van der Waals surface area contributed by atoms with Crippen LogP contribution < -0.4 is 13.7 Å². The molecular formula is C18H20O6S. The lowest BCUT2D eigenvalue weighted by atomic mass is 10.2. The number of carbonyl (C=O) groups is 1. The molecule has 0 heterocycles. The molecule has 2 aromatic rings. The zero-order valence-electron chi connectivity index (χ0n) is 14.3. The summed E-state index contributed by atoms with van der Waals surface area (Å²) in [4.78, 5) is 10.9. The molecule has 0 radical (unpaired) electrons. The van der Waals surface area contributed by atoms with Crippen LogP contribution in [0.4, 0.5) is 0 Å². The number of carbonyl (C=O) groups excluding carboxylic acids is 1. The summed E-state index contributed by atoms with van der Waals surface area (Å²) in [5, 5.41) is 0. The third-order valence-corrected chi connectivity index (χ3v) is 4.70. The monoisotopic (exact) mass is 364 g/mol. The maximum Gasteiger partial charge on any atom is 0.342 e. The summed E-state index contributed by atoms with van der Waals surface area (Å²) >= 11 is 0. The van der Waals surface area contributed by atoms with Gasteiger partial charge in [0.1, 0.15) is 22.1 Å². The second-order valence-corrected chi connectivity index (χ2v) is 6.89. The first-order valence-corrected chi connectivity index (χ1v) is 9.11. The molecule has 6 nitrogen and oxygen atoms in total. The van der Waals surface area contributed by atoms with Crippen molar-refractivity contribution in [2.24, 2.45) is 0 Å². The van der Waals surface area contributed by atoms with Crippen LogP contribution in [0.1, 0.15) is 18.9 Å². The van der Waals surface area contributed by atoms with Crippen molar-refractivity contribution in [1.82, 2.24) is 0 Å². The first-order valence-electron chi connectivity index (χ1n) is 7.70. The minimum absolute atomic E-state index is 0.0687. The number of aryl methyl sites for hydroxylation is 1. The van der Waals surface area contributed by atoms with Crippen molar-refractivity contribution in [2.45, 2.75) is 31.3 Å². The summed E-state index contributed by atoms with van der Waals surface area (Å²) in [5.74, 6) is 0.657. The molecule has 1 atom stereocenters. The number of hydrogen-bond acceptors (Lipinski definition) is 6. The molecule has 1 unspecified atom stereocenters. The van der Waals surface area contributed by atoms with Crippen LogP contribution in [-0.2, 0) is 14.9 Å². The maximum atomic E-state index is 12.5. The van der Waals surface area contributed by atoms with Crippen molar-refractivity contribution in [3.63, 3.8) is 0 Å². The fourth-order valence-electron chi connectivity index (χ4n) is 2.21. The highest BCUT2D eigenvalue weighted by molar-refractivity contribution is 7.87. The van der Waals surface area contributed by atoms with Gasteiger partial charge in [0.15, 0.2) is 12.4 Å². The van der Waals surface area contributed by atoms with Crippen LogP contribution in [0.5, 0.6) is 17.2 Å². The van der Waals surface area contributed by atoms with Crippen LogP contribution in [0, 0.1) is 6.92 Å². The van der Waals surface area contributed by atoms with Crippen molar-refractivity contribution in [2.75, 3.05) is 7.11 Å². The van der Waals surface area contributed by atoms with Crippen LogP contribution in [0.3, 0.4) is 0 Å². The van der Waals surface area contributed by atoms with E-state index in [1.165, 1.54) is 25.3 Å². The first kappa shape index (κ1) is 18.8. The van der Waals surface area contributed by atoms with Crippen molar-refractivity contribution in [3.8, 4) is 17.2 Å². The Hall–Kier alpha value is -2.54. The van der Waals surface area contributed by atoms with Crippen LogP contribution in [0.2, 0.25) is 0 Å². The summed E-state index contributed by atoms with van der Waals surface area (Å²) in [6, 6.07) is 10.9. The minimum Gasteiger partial charge on any atom is -0.495 e. The van der Waals surface area contributed by atoms with Crippen molar-refractivity contribution >= 4 is 16.4 Å². The van der Waals surface area contributed by atoms with E-state index in [4.69, 9.17) is 13.7 Å². The lowest BCUT2D eigenvalue weighted by Crippen LogP contribution is -2.17. The standard InChI is InChI=1S/C18H20O6S/c1-4-14(12-19)23-15-9-13(2)10-16(11-15)24-25(20,21)18-8-6-5-7-17(18)22-3/h5-12,14H,4H2,1-3H3. The number of aldehydes is 1. The normalized spacial score (nSPS) is 12.3.